The molecule has 0 unspecified atom stereocenters. The van der Waals surface area contributed by atoms with Crippen molar-refractivity contribution in [1.29, 1.82) is 0 Å². The summed E-state index contributed by atoms with van der Waals surface area (Å²) in [7, 11) is 1.70. The Labute approximate surface area is 108 Å². The van der Waals surface area contributed by atoms with Crippen LogP contribution in [0, 0.1) is 6.92 Å². The van der Waals surface area contributed by atoms with Gasteiger partial charge in [-0.1, -0.05) is 18.2 Å². The van der Waals surface area contributed by atoms with Gasteiger partial charge in [0.2, 0.25) is 0 Å². The number of benzene rings is 2. The molecule has 2 aromatic rings. The Hall–Kier alpha value is -2.00. The number of anilines is 3. The molecule has 0 atom stereocenters. The summed E-state index contributed by atoms with van der Waals surface area (Å²) in [4.78, 5) is 0. The summed E-state index contributed by atoms with van der Waals surface area (Å²) in [6.07, 6.45) is 0. The Kier molecular flexibility index (Phi) is 3.85. The number of ether oxygens (including phenoxy) is 1. The molecule has 0 heterocycles. The van der Waals surface area contributed by atoms with Crippen molar-refractivity contribution in [3.8, 4) is 0 Å². The summed E-state index contributed by atoms with van der Waals surface area (Å²) in [6, 6.07) is 14.0. The van der Waals surface area contributed by atoms with Gasteiger partial charge in [-0.25, -0.2) is 0 Å². The second-order valence-electron chi connectivity index (χ2n) is 4.28. The van der Waals surface area contributed by atoms with Crippen LogP contribution in [-0.2, 0) is 11.3 Å². The van der Waals surface area contributed by atoms with Gasteiger partial charge in [0.15, 0.2) is 0 Å². The fraction of sp³-hybridized carbons (Fsp3) is 0.200. The number of nitrogens with one attached hydrogen (secondary N) is 1. The smallest absolute Gasteiger partial charge is 0.0713 e. The van der Waals surface area contributed by atoms with Gasteiger partial charge in [0, 0.05) is 24.2 Å². The first kappa shape index (κ1) is 12.5. The molecular formula is C15H18N2O. The molecule has 2 aromatic carbocycles. The van der Waals surface area contributed by atoms with Crippen molar-refractivity contribution in [2.75, 3.05) is 18.2 Å². The molecule has 94 valence electrons. The van der Waals surface area contributed by atoms with Gasteiger partial charge in [-0.05, 0) is 42.3 Å². The monoisotopic (exact) mass is 242 g/mol. The molecule has 2 rings (SSSR count). The number of rotatable bonds is 4. The van der Waals surface area contributed by atoms with Gasteiger partial charge < -0.3 is 15.8 Å². The van der Waals surface area contributed by atoms with Crippen molar-refractivity contribution >= 4 is 17.1 Å². The van der Waals surface area contributed by atoms with Crippen LogP contribution in [0.15, 0.2) is 42.5 Å². The zero-order chi connectivity index (χ0) is 13.0. The first-order valence-corrected chi connectivity index (χ1v) is 5.90. The highest BCUT2D eigenvalue weighted by molar-refractivity contribution is 5.69. The quantitative estimate of drug-likeness (QED) is 0.807. The molecule has 0 aliphatic heterocycles. The second kappa shape index (κ2) is 5.56. The summed E-state index contributed by atoms with van der Waals surface area (Å²) >= 11 is 0. The zero-order valence-electron chi connectivity index (χ0n) is 10.7. The van der Waals surface area contributed by atoms with Crippen LogP contribution in [0.5, 0.6) is 0 Å². The third-order valence-corrected chi connectivity index (χ3v) is 2.89. The van der Waals surface area contributed by atoms with Crippen molar-refractivity contribution in [1.82, 2.24) is 0 Å². The Balaban J connectivity index is 2.23. The number of nitrogens with two attached hydrogens (primary N) is 1. The second-order valence-corrected chi connectivity index (χ2v) is 4.28. The summed E-state index contributed by atoms with van der Waals surface area (Å²) in [5, 5.41) is 3.38. The predicted molar refractivity (Wildman–Crippen MR) is 76.0 cm³/mol. The first-order chi connectivity index (χ1) is 8.70. The maximum absolute atomic E-state index is 5.89. The van der Waals surface area contributed by atoms with E-state index in [1.165, 1.54) is 0 Å². The molecule has 0 aliphatic rings. The Morgan fingerprint density at radius 3 is 2.72 bits per heavy atom. The van der Waals surface area contributed by atoms with E-state index in [1.807, 2.05) is 43.3 Å². The molecule has 0 saturated heterocycles. The molecule has 0 fully saturated rings. The molecule has 3 nitrogen and oxygen atoms in total. The minimum absolute atomic E-state index is 0.616. The predicted octanol–water partition coefficient (Wildman–Crippen LogP) is 3.47. The van der Waals surface area contributed by atoms with E-state index in [2.05, 4.69) is 11.4 Å². The SMILES string of the molecule is COCc1cccc(Nc2cccc(N)c2C)c1. The molecule has 0 aromatic heterocycles. The number of hydrogen-bond donors (Lipinski definition) is 2. The van der Waals surface area contributed by atoms with E-state index >= 15 is 0 Å². The summed E-state index contributed by atoms with van der Waals surface area (Å²) < 4.78 is 5.13. The highest BCUT2D eigenvalue weighted by Gasteiger charge is 2.02. The lowest BCUT2D eigenvalue weighted by Crippen LogP contribution is -1.97. The van der Waals surface area contributed by atoms with Gasteiger partial charge in [0.05, 0.1) is 6.61 Å². The molecule has 3 heteroatoms. The summed E-state index contributed by atoms with van der Waals surface area (Å²) in [5.41, 5.74) is 11.0. The van der Waals surface area contributed by atoms with Crippen LogP contribution in [-0.4, -0.2) is 7.11 Å². The maximum atomic E-state index is 5.89. The van der Waals surface area contributed by atoms with Crippen molar-refractivity contribution < 1.29 is 4.74 Å². The van der Waals surface area contributed by atoms with E-state index in [0.717, 1.165) is 28.2 Å². The number of hydrogen-bond acceptors (Lipinski definition) is 3. The van der Waals surface area contributed by atoms with Crippen molar-refractivity contribution in [2.24, 2.45) is 0 Å². The van der Waals surface area contributed by atoms with Gasteiger partial charge >= 0.3 is 0 Å². The molecule has 0 aliphatic carbocycles. The minimum Gasteiger partial charge on any atom is -0.398 e. The normalized spacial score (nSPS) is 10.3. The van der Waals surface area contributed by atoms with Gasteiger partial charge in [-0.3, -0.25) is 0 Å². The fourth-order valence-electron chi connectivity index (χ4n) is 1.85. The molecular weight excluding hydrogens is 224 g/mol. The lowest BCUT2D eigenvalue weighted by atomic mass is 10.1. The van der Waals surface area contributed by atoms with Gasteiger partial charge in [0.25, 0.3) is 0 Å². The topological polar surface area (TPSA) is 47.3 Å². The van der Waals surface area contributed by atoms with Crippen molar-refractivity contribution in [3.05, 3.63) is 53.6 Å². The molecule has 0 spiro atoms. The fourth-order valence-corrected chi connectivity index (χ4v) is 1.85. The third-order valence-electron chi connectivity index (χ3n) is 2.89. The lowest BCUT2D eigenvalue weighted by Gasteiger charge is -2.12. The molecule has 0 saturated carbocycles. The first-order valence-electron chi connectivity index (χ1n) is 5.90. The Morgan fingerprint density at radius 1 is 1.17 bits per heavy atom. The summed E-state index contributed by atoms with van der Waals surface area (Å²) in [5.74, 6) is 0. The molecule has 18 heavy (non-hydrogen) atoms. The van der Waals surface area contributed by atoms with Crippen LogP contribution in [0.2, 0.25) is 0 Å². The minimum atomic E-state index is 0.616. The van der Waals surface area contributed by atoms with Gasteiger partial charge in [0.1, 0.15) is 0 Å². The van der Waals surface area contributed by atoms with Crippen molar-refractivity contribution in [2.45, 2.75) is 13.5 Å². The number of methoxy groups -OCH3 is 1. The van der Waals surface area contributed by atoms with Gasteiger partial charge in [-0.15, -0.1) is 0 Å². The standard InChI is InChI=1S/C15H18N2O/c1-11-14(16)7-4-8-15(11)17-13-6-3-5-12(9-13)10-18-2/h3-9,17H,10,16H2,1-2H3. The van der Waals surface area contributed by atoms with E-state index in [9.17, 15) is 0 Å². The van der Waals surface area contributed by atoms with Crippen LogP contribution in [0.25, 0.3) is 0 Å². The van der Waals surface area contributed by atoms with Crippen LogP contribution >= 0.6 is 0 Å². The highest BCUT2D eigenvalue weighted by atomic mass is 16.5. The largest absolute Gasteiger partial charge is 0.398 e. The van der Waals surface area contributed by atoms with E-state index in [4.69, 9.17) is 10.5 Å². The zero-order valence-corrected chi connectivity index (χ0v) is 10.7. The van der Waals surface area contributed by atoms with Crippen LogP contribution < -0.4 is 11.1 Å². The van der Waals surface area contributed by atoms with E-state index in [0.29, 0.717) is 6.61 Å². The van der Waals surface area contributed by atoms with E-state index in [-0.39, 0.29) is 0 Å². The highest BCUT2D eigenvalue weighted by Crippen LogP contribution is 2.24. The summed E-state index contributed by atoms with van der Waals surface area (Å²) in [6.45, 7) is 2.63. The average molecular weight is 242 g/mol. The Bertz CT molecular complexity index is 538. The molecule has 0 radical (unpaired) electrons. The molecule has 3 N–H and O–H groups in total. The van der Waals surface area contributed by atoms with E-state index < -0.39 is 0 Å². The van der Waals surface area contributed by atoms with Gasteiger partial charge in [-0.2, -0.15) is 0 Å². The van der Waals surface area contributed by atoms with Crippen molar-refractivity contribution in [3.63, 3.8) is 0 Å². The van der Waals surface area contributed by atoms with Crippen LogP contribution in [0.3, 0.4) is 0 Å². The molecule has 0 bridgehead atoms. The van der Waals surface area contributed by atoms with E-state index in [1.54, 1.807) is 7.11 Å². The molecule has 0 amide bonds. The number of nitrogen functional groups attached to an aromatic ring is 1. The lowest BCUT2D eigenvalue weighted by molar-refractivity contribution is 0.185. The van der Waals surface area contributed by atoms with Crippen LogP contribution in [0.1, 0.15) is 11.1 Å². The average Bonchev–Trinajstić information content (AvgIpc) is 2.36. The maximum Gasteiger partial charge on any atom is 0.0713 e. The van der Waals surface area contributed by atoms with Crippen LogP contribution in [0.4, 0.5) is 17.1 Å². The Morgan fingerprint density at radius 2 is 1.94 bits per heavy atom. The third kappa shape index (κ3) is 2.81.